The first-order valence-corrected chi connectivity index (χ1v) is 9.92. The van der Waals surface area contributed by atoms with Crippen molar-refractivity contribution in [2.45, 2.75) is 52.5 Å². The van der Waals surface area contributed by atoms with Crippen molar-refractivity contribution >= 4 is 11.7 Å². The Bertz CT molecular complexity index is 700. The van der Waals surface area contributed by atoms with Crippen molar-refractivity contribution in [3.05, 3.63) is 34.7 Å². The molecule has 156 valence electrons. The minimum atomic E-state index is -2.63. The van der Waals surface area contributed by atoms with Crippen LogP contribution in [0.5, 0.6) is 0 Å². The number of pyridine rings is 1. The fourth-order valence-electron chi connectivity index (χ4n) is 3.18. The molecule has 8 heteroatoms. The van der Waals surface area contributed by atoms with E-state index < -0.39 is 6.43 Å². The van der Waals surface area contributed by atoms with Crippen LogP contribution in [0.2, 0.25) is 0 Å². The first-order chi connectivity index (χ1) is 13.5. The van der Waals surface area contributed by atoms with Gasteiger partial charge >= 0.3 is 0 Å². The lowest BCUT2D eigenvalue weighted by Gasteiger charge is -2.29. The smallest absolute Gasteiger partial charge is 0.280 e. The zero-order valence-corrected chi connectivity index (χ0v) is 16.9. The molecule has 0 radical (unpaired) electrons. The Hall–Kier alpha value is -2.06. The van der Waals surface area contributed by atoms with Gasteiger partial charge in [0.15, 0.2) is 5.82 Å². The fourth-order valence-corrected chi connectivity index (χ4v) is 3.18. The lowest BCUT2D eigenvalue weighted by Crippen LogP contribution is -2.41. The Labute approximate surface area is 165 Å². The van der Waals surface area contributed by atoms with Crippen LogP contribution >= 0.6 is 0 Å². The molecule has 0 atom stereocenters. The molecule has 1 aromatic heterocycles. The molecule has 0 aliphatic carbocycles. The Morgan fingerprint density at radius 1 is 1.32 bits per heavy atom. The molecule has 28 heavy (non-hydrogen) atoms. The maximum absolute atomic E-state index is 13.0. The summed E-state index contributed by atoms with van der Waals surface area (Å²) in [4.78, 5) is 8.25. The maximum atomic E-state index is 13.0. The fraction of sp³-hybridized carbons (Fsp3) is 0.600. The number of alkyl halides is 2. The minimum absolute atomic E-state index is 0.201. The SMILES string of the molecule is CC.Cc1ccc(N=C(N)C2=C(NC3CCOCC3)CCNC2)nc1C(F)F. The molecule has 1 aromatic rings. The van der Waals surface area contributed by atoms with Gasteiger partial charge in [0, 0.05) is 50.0 Å². The number of halogens is 2. The van der Waals surface area contributed by atoms with Crippen LogP contribution < -0.4 is 16.4 Å². The number of aromatic nitrogens is 1. The molecule has 2 aliphatic rings. The van der Waals surface area contributed by atoms with E-state index in [1.807, 2.05) is 13.8 Å². The van der Waals surface area contributed by atoms with Crippen LogP contribution in [0.15, 0.2) is 28.4 Å². The molecule has 1 fully saturated rings. The van der Waals surface area contributed by atoms with E-state index in [0.717, 1.165) is 50.3 Å². The average Bonchev–Trinajstić information content (AvgIpc) is 2.72. The van der Waals surface area contributed by atoms with Crippen molar-refractivity contribution in [2.24, 2.45) is 10.7 Å². The van der Waals surface area contributed by atoms with Gasteiger partial charge in [0.2, 0.25) is 0 Å². The molecule has 3 heterocycles. The van der Waals surface area contributed by atoms with E-state index in [-0.39, 0.29) is 11.5 Å². The Balaban J connectivity index is 0.00000136. The van der Waals surface area contributed by atoms with Gasteiger partial charge in [0.1, 0.15) is 11.5 Å². The third-order valence-corrected chi connectivity index (χ3v) is 4.69. The standard InChI is InChI=1S/C18H25F2N5O.C2H6/c1-11-2-3-15(24-16(11)17(19)20)25-18(21)13-10-22-7-4-14(13)23-12-5-8-26-9-6-12;1-2/h2-3,12,17,22-23H,4-10H2,1H3,(H2,21,24,25);1-2H3. The van der Waals surface area contributed by atoms with E-state index >= 15 is 0 Å². The molecule has 1 saturated heterocycles. The summed E-state index contributed by atoms with van der Waals surface area (Å²) in [5, 5.41) is 6.86. The number of amidine groups is 1. The molecule has 3 rings (SSSR count). The zero-order valence-electron chi connectivity index (χ0n) is 16.9. The molecule has 2 aliphatic heterocycles. The highest BCUT2D eigenvalue weighted by atomic mass is 19.3. The van der Waals surface area contributed by atoms with Gasteiger partial charge in [0.25, 0.3) is 6.43 Å². The van der Waals surface area contributed by atoms with E-state index in [4.69, 9.17) is 10.5 Å². The van der Waals surface area contributed by atoms with Crippen molar-refractivity contribution < 1.29 is 13.5 Å². The average molecular weight is 395 g/mol. The summed E-state index contributed by atoms with van der Waals surface area (Å²) in [6.07, 6.45) is 0.108. The minimum Gasteiger partial charge on any atom is -0.385 e. The second kappa shape index (κ2) is 11.1. The molecular formula is C20H31F2N5O. The number of ether oxygens (including phenoxy) is 1. The van der Waals surface area contributed by atoms with Gasteiger partial charge in [-0.2, -0.15) is 0 Å². The van der Waals surface area contributed by atoms with Crippen LogP contribution in [0.3, 0.4) is 0 Å². The van der Waals surface area contributed by atoms with Crippen LogP contribution in [0.1, 0.15) is 50.8 Å². The summed E-state index contributed by atoms with van der Waals surface area (Å²) in [5.74, 6) is 0.509. The normalized spacial score (nSPS) is 18.7. The first-order valence-electron chi connectivity index (χ1n) is 9.92. The summed E-state index contributed by atoms with van der Waals surface area (Å²) < 4.78 is 31.5. The predicted molar refractivity (Wildman–Crippen MR) is 108 cm³/mol. The highest BCUT2D eigenvalue weighted by molar-refractivity contribution is 5.99. The molecule has 0 bridgehead atoms. The van der Waals surface area contributed by atoms with Crippen molar-refractivity contribution in [2.75, 3.05) is 26.3 Å². The van der Waals surface area contributed by atoms with Crippen LogP contribution in [0.4, 0.5) is 14.6 Å². The van der Waals surface area contributed by atoms with E-state index in [1.54, 1.807) is 19.1 Å². The third-order valence-electron chi connectivity index (χ3n) is 4.69. The second-order valence-corrected chi connectivity index (χ2v) is 6.58. The Morgan fingerprint density at radius 2 is 2.04 bits per heavy atom. The van der Waals surface area contributed by atoms with Crippen molar-refractivity contribution in [3.63, 3.8) is 0 Å². The van der Waals surface area contributed by atoms with Crippen molar-refractivity contribution in [3.8, 4) is 0 Å². The quantitative estimate of drug-likeness (QED) is 0.526. The number of hydrogen-bond donors (Lipinski definition) is 3. The van der Waals surface area contributed by atoms with Gasteiger partial charge in [-0.15, -0.1) is 0 Å². The number of aliphatic imine (C=N–C) groups is 1. The second-order valence-electron chi connectivity index (χ2n) is 6.58. The summed E-state index contributed by atoms with van der Waals surface area (Å²) >= 11 is 0. The van der Waals surface area contributed by atoms with Gasteiger partial charge < -0.3 is 21.1 Å². The highest BCUT2D eigenvalue weighted by Gasteiger charge is 2.21. The van der Waals surface area contributed by atoms with Crippen LogP contribution in [-0.2, 0) is 4.74 Å². The number of nitrogens with two attached hydrogens (primary N) is 1. The summed E-state index contributed by atoms with van der Waals surface area (Å²) in [6.45, 7) is 8.57. The first kappa shape index (κ1) is 22.2. The largest absolute Gasteiger partial charge is 0.385 e. The van der Waals surface area contributed by atoms with E-state index in [0.29, 0.717) is 24.0 Å². The lowest BCUT2D eigenvalue weighted by atomic mass is 10.0. The van der Waals surface area contributed by atoms with E-state index in [2.05, 4.69) is 20.6 Å². The number of aryl methyl sites for hydroxylation is 1. The maximum Gasteiger partial charge on any atom is 0.280 e. The highest BCUT2D eigenvalue weighted by Crippen LogP contribution is 2.24. The molecule has 0 unspecified atom stereocenters. The molecular weight excluding hydrogens is 364 g/mol. The monoisotopic (exact) mass is 395 g/mol. The van der Waals surface area contributed by atoms with Gasteiger partial charge in [-0.05, 0) is 31.4 Å². The third kappa shape index (κ3) is 5.97. The predicted octanol–water partition coefficient (Wildman–Crippen LogP) is 3.36. The van der Waals surface area contributed by atoms with E-state index in [1.165, 1.54) is 0 Å². The van der Waals surface area contributed by atoms with Gasteiger partial charge in [-0.1, -0.05) is 19.9 Å². The number of nitrogens with zero attached hydrogens (tertiary/aromatic N) is 2. The number of hydrogen-bond acceptors (Lipinski definition) is 5. The van der Waals surface area contributed by atoms with Crippen molar-refractivity contribution in [1.29, 1.82) is 0 Å². The van der Waals surface area contributed by atoms with Crippen LogP contribution in [-0.4, -0.2) is 43.2 Å². The van der Waals surface area contributed by atoms with Crippen LogP contribution in [0, 0.1) is 6.92 Å². The molecule has 0 saturated carbocycles. The zero-order chi connectivity index (χ0) is 20.5. The molecule has 4 N–H and O–H groups in total. The summed E-state index contributed by atoms with van der Waals surface area (Å²) in [7, 11) is 0. The molecule has 0 amide bonds. The number of rotatable bonds is 5. The Morgan fingerprint density at radius 3 is 2.71 bits per heavy atom. The molecule has 0 spiro atoms. The summed E-state index contributed by atoms with van der Waals surface area (Å²) in [5.41, 5.74) is 8.33. The van der Waals surface area contributed by atoms with Crippen LogP contribution in [0.25, 0.3) is 0 Å². The van der Waals surface area contributed by atoms with Gasteiger partial charge in [0.05, 0.1) is 0 Å². The van der Waals surface area contributed by atoms with E-state index in [9.17, 15) is 8.78 Å². The molecule has 0 aromatic carbocycles. The summed E-state index contributed by atoms with van der Waals surface area (Å²) in [6, 6.07) is 3.56. The Kier molecular flexibility index (Phi) is 8.79. The topological polar surface area (TPSA) is 84.6 Å². The molecule has 6 nitrogen and oxygen atoms in total. The lowest BCUT2D eigenvalue weighted by molar-refractivity contribution is 0.0800. The van der Waals surface area contributed by atoms with Crippen molar-refractivity contribution in [1.82, 2.24) is 15.6 Å². The van der Waals surface area contributed by atoms with Gasteiger partial charge in [-0.25, -0.2) is 18.8 Å². The van der Waals surface area contributed by atoms with Gasteiger partial charge in [-0.3, -0.25) is 0 Å². The number of nitrogens with one attached hydrogen (secondary N) is 2.